The number of imidazole rings is 1. The molecule has 0 radical (unpaired) electrons. The van der Waals surface area contributed by atoms with E-state index in [1.165, 1.54) is 6.33 Å². The number of nitrogens with two attached hydrogens (primary N) is 2. The monoisotopic (exact) mass is 242 g/mol. The SMILES string of the molecule is Nc1cccc(-c2nc3ncnc(N)c3[nH]2)c1O. The molecule has 18 heavy (non-hydrogen) atoms. The molecule has 0 saturated heterocycles. The average Bonchev–Trinajstić information content (AvgIpc) is 2.78. The number of phenolic OH excluding ortho intramolecular Hbond substituents is 1. The first-order valence-corrected chi connectivity index (χ1v) is 5.21. The van der Waals surface area contributed by atoms with Gasteiger partial charge in [0.25, 0.3) is 0 Å². The number of nitrogens with zero attached hydrogens (tertiary/aromatic N) is 3. The Morgan fingerprint density at radius 3 is 2.78 bits per heavy atom. The average molecular weight is 242 g/mol. The van der Waals surface area contributed by atoms with E-state index in [1.54, 1.807) is 18.2 Å². The summed E-state index contributed by atoms with van der Waals surface area (Å²) in [6, 6.07) is 5.04. The molecule has 0 amide bonds. The van der Waals surface area contributed by atoms with Crippen molar-refractivity contribution in [3.8, 4) is 17.1 Å². The van der Waals surface area contributed by atoms with Crippen molar-refractivity contribution in [2.24, 2.45) is 0 Å². The second-order valence-corrected chi connectivity index (χ2v) is 3.79. The van der Waals surface area contributed by atoms with Crippen LogP contribution in [-0.2, 0) is 0 Å². The van der Waals surface area contributed by atoms with Crippen LogP contribution < -0.4 is 11.5 Å². The van der Waals surface area contributed by atoms with E-state index in [1.807, 2.05) is 0 Å². The molecule has 0 spiro atoms. The van der Waals surface area contributed by atoms with Crippen LogP contribution >= 0.6 is 0 Å². The van der Waals surface area contributed by atoms with Gasteiger partial charge in [0.15, 0.2) is 11.5 Å². The molecule has 0 bridgehead atoms. The number of phenols is 1. The van der Waals surface area contributed by atoms with Crippen LogP contribution in [0.2, 0.25) is 0 Å². The number of hydrogen-bond donors (Lipinski definition) is 4. The summed E-state index contributed by atoms with van der Waals surface area (Å²) in [5, 5.41) is 9.89. The second-order valence-electron chi connectivity index (χ2n) is 3.79. The summed E-state index contributed by atoms with van der Waals surface area (Å²) in [6.45, 7) is 0. The van der Waals surface area contributed by atoms with E-state index in [0.717, 1.165) is 0 Å². The van der Waals surface area contributed by atoms with Gasteiger partial charge in [-0.15, -0.1) is 0 Å². The molecule has 1 aromatic carbocycles. The summed E-state index contributed by atoms with van der Waals surface area (Å²) in [5.74, 6) is 0.729. The largest absolute Gasteiger partial charge is 0.505 e. The highest BCUT2D eigenvalue weighted by molar-refractivity contribution is 5.85. The molecule has 3 rings (SSSR count). The molecule has 2 heterocycles. The third-order valence-corrected chi connectivity index (χ3v) is 2.64. The number of hydrogen-bond acceptors (Lipinski definition) is 6. The Labute approximate surface area is 102 Å². The van der Waals surface area contributed by atoms with E-state index in [4.69, 9.17) is 11.5 Å². The quantitative estimate of drug-likeness (QED) is 0.370. The number of fused-ring (bicyclic) bond motifs is 1. The maximum absolute atomic E-state index is 9.89. The molecule has 0 unspecified atom stereocenters. The van der Waals surface area contributed by atoms with Gasteiger partial charge in [0.05, 0.1) is 11.3 Å². The number of para-hydroxylation sites is 1. The maximum atomic E-state index is 9.89. The molecular weight excluding hydrogens is 232 g/mol. The second kappa shape index (κ2) is 3.59. The van der Waals surface area contributed by atoms with Gasteiger partial charge in [-0.25, -0.2) is 15.0 Å². The summed E-state index contributed by atoms with van der Waals surface area (Å²) in [6.07, 6.45) is 1.33. The molecule has 3 aromatic rings. The van der Waals surface area contributed by atoms with E-state index < -0.39 is 0 Å². The van der Waals surface area contributed by atoms with E-state index in [0.29, 0.717) is 28.4 Å². The third-order valence-electron chi connectivity index (χ3n) is 2.64. The van der Waals surface area contributed by atoms with E-state index in [-0.39, 0.29) is 11.4 Å². The lowest BCUT2D eigenvalue weighted by atomic mass is 10.1. The Balaban J connectivity index is 2.26. The highest BCUT2D eigenvalue weighted by atomic mass is 16.3. The van der Waals surface area contributed by atoms with Gasteiger partial charge in [-0.05, 0) is 12.1 Å². The number of H-pyrrole nitrogens is 1. The van der Waals surface area contributed by atoms with Gasteiger partial charge in [-0.3, -0.25) is 0 Å². The van der Waals surface area contributed by atoms with Crippen LogP contribution in [0.5, 0.6) is 5.75 Å². The smallest absolute Gasteiger partial charge is 0.183 e. The van der Waals surface area contributed by atoms with Crippen LogP contribution in [0.3, 0.4) is 0 Å². The fraction of sp³-hybridized carbons (Fsp3) is 0. The van der Waals surface area contributed by atoms with Gasteiger partial charge in [0.1, 0.15) is 23.4 Å². The maximum Gasteiger partial charge on any atom is 0.183 e. The first-order valence-electron chi connectivity index (χ1n) is 5.21. The molecule has 2 aromatic heterocycles. The van der Waals surface area contributed by atoms with Crippen LogP contribution in [-0.4, -0.2) is 25.0 Å². The Bertz CT molecular complexity index is 735. The van der Waals surface area contributed by atoms with Crippen LogP contribution in [0.4, 0.5) is 11.5 Å². The Morgan fingerprint density at radius 1 is 1.17 bits per heavy atom. The van der Waals surface area contributed by atoms with Gasteiger partial charge < -0.3 is 21.6 Å². The number of nitrogens with one attached hydrogen (secondary N) is 1. The van der Waals surface area contributed by atoms with E-state index in [2.05, 4.69) is 19.9 Å². The number of nitrogen functional groups attached to an aromatic ring is 2. The zero-order valence-corrected chi connectivity index (χ0v) is 9.25. The number of aromatic amines is 1. The van der Waals surface area contributed by atoms with Crippen molar-refractivity contribution in [2.45, 2.75) is 0 Å². The summed E-state index contributed by atoms with van der Waals surface area (Å²) < 4.78 is 0. The Hall–Kier alpha value is -2.83. The minimum Gasteiger partial charge on any atom is -0.505 e. The molecule has 0 saturated carbocycles. The summed E-state index contributed by atoms with van der Waals surface area (Å²) in [4.78, 5) is 15.1. The van der Waals surface area contributed by atoms with Gasteiger partial charge in [0, 0.05) is 0 Å². The molecular formula is C11H10N6O. The molecule has 7 nitrogen and oxygen atoms in total. The highest BCUT2D eigenvalue weighted by Gasteiger charge is 2.13. The molecule has 90 valence electrons. The molecule has 0 atom stereocenters. The zero-order chi connectivity index (χ0) is 12.7. The standard InChI is InChI=1S/C11H10N6O/c12-6-3-1-2-5(8(6)18)10-16-7-9(13)14-4-15-11(7)17-10/h1-4,18H,12H2,(H3,13,14,15,16,17). The lowest BCUT2D eigenvalue weighted by Crippen LogP contribution is -1.91. The third kappa shape index (κ3) is 1.41. The van der Waals surface area contributed by atoms with Crippen LogP contribution in [0.25, 0.3) is 22.6 Å². The minimum absolute atomic E-state index is 0.0249. The van der Waals surface area contributed by atoms with Gasteiger partial charge in [-0.1, -0.05) is 6.07 Å². The van der Waals surface area contributed by atoms with Crippen molar-refractivity contribution in [1.29, 1.82) is 0 Å². The van der Waals surface area contributed by atoms with Crippen LogP contribution in [0.1, 0.15) is 0 Å². The first-order chi connectivity index (χ1) is 8.66. The van der Waals surface area contributed by atoms with Gasteiger partial charge in [0.2, 0.25) is 0 Å². The topological polar surface area (TPSA) is 127 Å². The predicted molar refractivity (Wildman–Crippen MR) is 67.6 cm³/mol. The molecule has 0 aliphatic heterocycles. The summed E-state index contributed by atoms with van der Waals surface area (Å²) in [5.41, 5.74) is 13.1. The minimum atomic E-state index is -0.0249. The van der Waals surface area contributed by atoms with Gasteiger partial charge >= 0.3 is 0 Å². The predicted octanol–water partition coefficient (Wildman–Crippen LogP) is 0.890. The Kier molecular flexibility index (Phi) is 2.06. The lowest BCUT2D eigenvalue weighted by Gasteiger charge is -2.03. The summed E-state index contributed by atoms with van der Waals surface area (Å²) >= 11 is 0. The van der Waals surface area contributed by atoms with Crippen molar-refractivity contribution in [2.75, 3.05) is 11.5 Å². The van der Waals surface area contributed by atoms with Crippen molar-refractivity contribution in [3.63, 3.8) is 0 Å². The van der Waals surface area contributed by atoms with Gasteiger partial charge in [-0.2, -0.15) is 0 Å². The number of anilines is 2. The van der Waals surface area contributed by atoms with Crippen molar-refractivity contribution >= 4 is 22.7 Å². The fourth-order valence-corrected chi connectivity index (χ4v) is 1.73. The molecule has 0 aliphatic carbocycles. The van der Waals surface area contributed by atoms with Crippen LogP contribution in [0.15, 0.2) is 24.5 Å². The van der Waals surface area contributed by atoms with E-state index in [9.17, 15) is 5.11 Å². The number of aromatic nitrogens is 4. The number of benzene rings is 1. The summed E-state index contributed by atoms with van der Waals surface area (Å²) in [7, 11) is 0. The molecule has 7 heteroatoms. The van der Waals surface area contributed by atoms with Crippen molar-refractivity contribution in [3.05, 3.63) is 24.5 Å². The van der Waals surface area contributed by atoms with Crippen molar-refractivity contribution in [1.82, 2.24) is 19.9 Å². The van der Waals surface area contributed by atoms with Crippen molar-refractivity contribution < 1.29 is 5.11 Å². The molecule has 0 fully saturated rings. The fourth-order valence-electron chi connectivity index (χ4n) is 1.73. The first kappa shape index (κ1) is 10.3. The highest BCUT2D eigenvalue weighted by Crippen LogP contribution is 2.33. The van der Waals surface area contributed by atoms with Crippen LogP contribution in [0, 0.1) is 0 Å². The van der Waals surface area contributed by atoms with E-state index >= 15 is 0 Å². The normalized spacial score (nSPS) is 10.9. The Morgan fingerprint density at radius 2 is 2.00 bits per heavy atom. The molecule has 6 N–H and O–H groups in total. The molecule has 0 aliphatic rings. The number of aromatic hydroxyl groups is 1. The number of rotatable bonds is 1. The zero-order valence-electron chi connectivity index (χ0n) is 9.25. The lowest BCUT2D eigenvalue weighted by molar-refractivity contribution is 0.479.